The SMILES string of the molecule is CC(=O)Nc1ccc(S(=O)(=O)Oc2ccc(Cl)cc2CN(CC2CC2)C(=O)c2cccs2)cc1. The summed E-state index contributed by atoms with van der Waals surface area (Å²) in [5, 5.41) is 4.85. The maximum Gasteiger partial charge on any atom is 0.339 e. The summed E-state index contributed by atoms with van der Waals surface area (Å²) >= 11 is 7.57. The Morgan fingerprint density at radius 3 is 2.50 bits per heavy atom. The van der Waals surface area contributed by atoms with Gasteiger partial charge in [-0.1, -0.05) is 17.7 Å². The third kappa shape index (κ3) is 6.16. The van der Waals surface area contributed by atoms with Crippen LogP contribution in [0.4, 0.5) is 5.69 Å². The smallest absolute Gasteiger partial charge is 0.339 e. The fourth-order valence-electron chi connectivity index (χ4n) is 3.42. The number of carbonyl (C=O) groups is 2. The number of anilines is 1. The minimum atomic E-state index is -4.16. The van der Waals surface area contributed by atoms with Crippen molar-refractivity contribution in [3.05, 3.63) is 75.4 Å². The molecule has 1 aromatic heterocycles. The molecule has 0 atom stereocenters. The van der Waals surface area contributed by atoms with Crippen molar-refractivity contribution in [3.63, 3.8) is 0 Å². The van der Waals surface area contributed by atoms with E-state index in [0.29, 0.717) is 33.6 Å². The van der Waals surface area contributed by atoms with Crippen LogP contribution in [0.25, 0.3) is 0 Å². The van der Waals surface area contributed by atoms with Gasteiger partial charge in [-0.2, -0.15) is 8.42 Å². The van der Waals surface area contributed by atoms with E-state index < -0.39 is 10.1 Å². The number of benzene rings is 2. The number of halogens is 1. The molecule has 0 aliphatic heterocycles. The monoisotopic (exact) mass is 518 g/mol. The Balaban J connectivity index is 1.58. The summed E-state index contributed by atoms with van der Waals surface area (Å²) in [6.07, 6.45) is 2.13. The molecule has 0 unspecified atom stereocenters. The summed E-state index contributed by atoms with van der Waals surface area (Å²) in [4.78, 5) is 26.6. The number of rotatable bonds is 9. The molecule has 0 radical (unpaired) electrons. The molecule has 0 saturated heterocycles. The van der Waals surface area contributed by atoms with Gasteiger partial charge in [0.15, 0.2) is 0 Å². The van der Waals surface area contributed by atoms with Crippen LogP contribution in [0.3, 0.4) is 0 Å². The van der Waals surface area contributed by atoms with Crippen molar-refractivity contribution in [2.24, 2.45) is 5.92 Å². The molecule has 0 bridgehead atoms. The van der Waals surface area contributed by atoms with Gasteiger partial charge >= 0.3 is 10.1 Å². The molecule has 1 aliphatic carbocycles. The largest absolute Gasteiger partial charge is 0.379 e. The van der Waals surface area contributed by atoms with Crippen molar-refractivity contribution in [1.29, 1.82) is 0 Å². The van der Waals surface area contributed by atoms with E-state index in [-0.39, 0.29) is 29.0 Å². The zero-order chi connectivity index (χ0) is 24.3. The van der Waals surface area contributed by atoms with E-state index >= 15 is 0 Å². The summed E-state index contributed by atoms with van der Waals surface area (Å²) in [7, 11) is -4.16. The van der Waals surface area contributed by atoms with Crippen molar-refractivity contribution < 1.29 is 22.2 Å². The lowest BCUT2D eigenvalue weighted by Crippen LogP contribution is -2.32. The van der Waals surface area contributed by atoms with Crippen molar-refractivity contribution >= 4 is 50.6 Å². The highest BCUT2D eigenvalue weighted by Gasteiger charge is 2.29. The highest BCUT2D eigenvalue weighted by atomic mass is 35.5. The lowest BCUT2D eigenvalue weighted by molar-refractivity contribution is -0.114. The van der Waals surface area contributed by atoms with Gasteiger partial charge in [0, 0.05) is 36.3 Å². The first-order chi connectivity index (χ1) is 16.2. The average molecular weight is 519 g/mol. The third-order valence-corrected chi connectivity index (χ3v) is 7.58. The van der Waals surface area contributed by atoms with Crippen LogP contribution < -0.4 is 9.50 Å². The summed E-state index contributed by atoms with van der Waals surface area (Å²) in [5.41, 5.74) is 0.970. The van der Waals surface area contributed by atoms with Crippen molar-refractivity contribution in [2.75, 3.05) is 11.9 Å². The van der Waals surface area contributed by atoms with E-state index in [1.165, 1.54) is 48.6 Å². The van der Waals surface area contributed by atoms with Crippen LogP contribution in [0.2, 0.25) is 5.02 Å². The number of thiophene rings is 1. The summed E-state index contributed by atoms with van der Waals surface area (Å²) in [6.45, 7) is 2.12. The maximum atomic E-state index is 13.1. The molecule has 4 rings (SSSR count). The highest BCUT2D eigenvalue weighted by molar-refractivity contribution is 7.87. The van der Waals surface area contributed by atoms with Crippen LogP contribution in [0.15, 0.2) is 64.9 Å². The lowest BCUT2D eigenvalue weighted by Gasteiger charge is -2.23. The minimum absolute atomic E-state index is 0.0630. The van der Waals surface area contributed by atoms with Gasteiger partial charge in [-0.3, -0.25) is 9.59 Å². The van der Waals surface area contributed by atoms with Crippen LogP contribution in [-0.4, -0.2) is 31.7 Å². The Bertz CT molecular complexity index is 1290. The Morgan fingerprint density at radius 2 is 1.88 bits per heavy atom. The van der Waals surface area contributed by atoms with Gasteiger partial charge in [-0.05, 0) is 72.7 Å². The van der Waals surface area contributed by atoms with Gasteiger partial charge in [0.25, 0.3) is 5.91 Å². The predicted octanol–water partition coefficient (Wildman–Crippen LogP) is 5.18. The molecule has 7 nitrogen and oxygen atoms in total. The van der Waals surface area contributed by atoms with Crippen molar-refractivity contribution in [1.82, 2.24) is 4.90 Å². The number of nitrogens with one attached hydrogen (secondary N) is 1. The number of carbonyl (C=O) groups excluding carboxylic acids is 2. The van der Waals surface area contributed by atoms with Gasteiger partial charge < -0.3 is 14.4 Å². The zero-order valence-corrected chi connectivity index (χ0v) is 20.8. The predicted molar refractivity (Wildman–Crippen MR) is 132 cm³/mol. The Labute approximate surface area is 207 Å². The van der Waals surface area contributed by atoms with Crippen LogP contribution in [-0.2, 0) is 21.5 Å². The standard InChI is InChI=1S/C24H23ClN2O5S2/c1-16(28)26-20-7-9-21(10-8-20)34(30,31)32-22-11-6-19(25)13-18(22)15-27(14-17-4-5-17)24(29)23-3-2-12-33-23/h2-3,6-13,17H,4-5,14-15H2,1H3,(H,26,28). The fourth-order valence-corrected chi connectivity index (χ4v) is 5.27. The van der Waals surface area contributed by atoms with Gasteiger partial charge in [0.1, 0.15) is 10.6 Å². The number of hydrogen-bond acceptors (Lipinski definition) is 6. The third-order valence-electron chi connectivity index (χ3n) is 5.24. The molecule has 1 fully saturated rings. The molecule has 2 aromatic carbocycles. The van der Waals surface area contributed by atoms with Crippen molar-refractivity contribution in [3.8, 4) is 5.75 Å². The minimum Gasteiger partial charge on any atom is -0.379 e. The van der Waals surface area contributed by atoms with E-state index in [2.05, 4.69) is 5.32 Å². The molecule has 2 amide bonds. The Morgan fingerprint density at radius 1 is 1.15 bits per heavy atom. The molecular formula is C24H23ClN2O5S2. The quantitative estimate of drug-likeness (QED) is 0.394. The first-order valence-electron chi connectivity index (χ1n) is 10.6. The normalized spacial score (nSPS) is 13.4. The van der Waals surface area contributed by atoms with Gasteiger partial charge in [-0.15, -0.1) is 11.3 Å². The van der Waals surface area contributed by atoms with Crippen molar-refractivity contribution in [2.45, 2.75) is 31.2 Å². The Hall–Kier alpha value is -2.88. The molecule has 1 N–H and O–H groups in total. The molecule has 1 saturated carbocycles. The van der Waals surface area contributed by atoms with E-state index in [1.54, 1.807) is 23.1 Å². The van der Waals surface area contributed by atoms with Crippen LogP contribution >= 0.6 is 22.9 Å². The summed E-state index contributed by atoms with van der Waals surface area (Å²) in [5.74, 6) is 0.184. The number of nitrogens with zero attached hydrogens (tertiary/aromatic N) is 1. The summed E-state index contributed by atoms with van der Waals surface area (Å²) in [6, 6.07) is 13.9. The lowest BCUT2D eigenvalue weighted by atomic mass is 10.1. The average Bonchev–Trinajstić information content (AvgIpc) is 3.43. The van der Waals surface area contributed by atoms with Gasteiger partial charge in [0.2, 0.25) is 5.91 Å². The molecule has 1 heterocycles. The maximum absolute atomic E-state index is 13.1. The molecule has 0 spiro atoms. The number of amides is 2. The van der Waals surface area contributed by atoms with Crippen LogP contribution in [0.1, 0.15) is 35.0 Å². The van der Waals surface area contributed by atoms with Crippen LogP contribution in [0, 0.1) is 5.92 Å². The molecule has 10 heteroatoms. The Kier molecular flexibility index (Phi) is 7.25. The molecule has 178 valence electrons. The molecule has 1 aliphatic rings. The topological polar surface area (TPSA) is 92.8 Å². The summed E-state index contributed by atoms with van der Waals surface area (Å²) < 4.78 is 31.4. The van der Waals surface area contributed by atoms with E-state index in [0.717, 1.165) is 12.8 Å². The zero-order valence-electron chi connectivity index (χ0n) is 18.4. The first-order valence-corrected chi connectivity index (χ1v) is 13.3. The second-order valence-electron chi connectivity index (χ2n) is 8.10. The highest BCUT2D eigenvalue weighted by Crippen LogP contribution is 2.33. The second-order valence-corrected chi connectivity index (χ2v) is 11.0. The van der Waals surface area contributed by atoms with E-state index in [1.807, 2.05) is 11.4 Å². The van der Waals surface area contributed by atoms with Crippen LogP contribution in [0.5, 0.6) is 5.75 Å². The molecular weight excluding hydrogens is 496 g/mol. The van der Waals surface area contributed by atoms with E-state index in [4.69, 9.17) is 15.8 Å². The molecule has 3 aromatic rings. The van der Waals surface area contributed by atoms with E-state index in [9.17, 15) is 18.0 Å². The van der Waals surface area contributed by atoms with Gasteiger partial charge in [-0.25, -0.2) is 0 Å². The second kappa shape index (κ2) is 10.2. The molecule has 34 heavy (non-hydrogen) atoms. The fraction of sp³-hybridized carbons (Fsp3) is 0.250. The first kappa shape index (κ1) is 24.3. The number of hydrogen-bond donors (Lipinski definition) is 1. The van der Waals surface area contributed by atoms with Gasteiger partial charge in [0.05, 0.1) is 4.88 Å².